The van der Waals surface area contributed by atoms with Gasteiger partial charge in [-0.15, -0.1) is 0 Å². The summed E-state index contributed by atoms with van der Waals surface area (Å²) in [5, 5.41) is 17.1. The second-order valence-corrected chi connectivity index (χ2v) is 8.71. The van der Waals surface area contributed by atoms with Gasteiger partial charge in [0.15, 0.2) is 0 Å². The van der Waals surface area contributed by atoms with Gasteiger partial charge in [-0.3, -0.25) is 4.79 Å². The van der Waals surface area contributed by atoms with Crippen LogP contribution in [-0.2, 0) is 18.3 Å². The molecule has 1 saturated heterocycles. The molecule has 1 aromatic heterocycles. The average Bonchev–Trinajstić information content (AvgIpc) is 3.50. The Morgan fingerprint density at radius 2 is 2.00 bits per heavy atom. The van der Waals surface area contributed by atoms with Gasteiger partial charge in [-0.2, -0.15) is 5.26 Å². The average molecular weight is 399 g/mol. The first-order valence-electron chi connectivity index (χ1n) is 10.7. The number of amides is 1. The number of carbonyl (C=O) groups excluding carboxylic acids is 1. The molecular formula is C25H26N4O. The quantitative estimate of drug-likeness (QED) is 0.691. The number of rotatable bonds is 5. The third kappa shape index (κ3) is 3.48. The zero-order valence-corrected chi connectivity index (χ0v) is 17.1. The van der Waals surface area contributed by atoms with Crippen LogP contribution in [0.1, 0.15) is 24.8 Å². The van der Waals surface area contributed by atoms with Crippen molar-refractivity contribution >= 4 is 16.8 Å². The zero-order valence-electron chi connectivity index (χ0n) is 17.1. The van der Waals surface area contributed by atoms with Crippen LogP contribution in [0.3, 0.4) is 0 Å². The molecule has 2 bridgehead atoms. The maximum Gasteiger partial charge on any atom is 0.238 e. The predicted molar refractivity (Wildman–Crippen MR) is 118 cm³/mol. The first-order valence-corrected chi connectivity index (χ1v) is 10.7. The molecule has 1 aliphatic carbocycles. The standard InChI is InChI=1S/C25H26N4O/c1-29-11-10-19-13-18(7-9-23(19)29)17-4-2-16(3-5-17)12-22(15-26)28-25(30)24-20-6-8-21(14-20)27-24/h2-5,7,9-11,13,20-22,24,27H,6,8,12,14H2,1H3,(H,28,30)/t20?,21-,22+,24+/m1/s1. The molecule has 1 saturated carbocycles. The van der Waals surface area contributed by atoms with Crippen LogP contribution in [0.5, 0.6) is 0 Å². The van der Waals surface area contributed by atoms with E-state index in [2.05, 4.69) is 83.0 Å². The SMILES string of the molecule is Cn1ccc2cc(-c3ccc(C[C@@H](C#N)NC(=O)[C@H]4N[C@@H]5CCC4C5)cc3)ccc21. The Labute approximate surface area is 176 Å². The molecule has 5 heteroatoms. The van der Waals surface area contributed by atoms with E-state index in [0.717, 1.165) is 24.0 Å². The Balaban J connectivity index is 1.25. The van der Waals surface area contributed by atoms with Crippen LogP contribution in [0.25, 0.3) is 22.0 Å². The summed E-state index contributed by atoms with van der Waals surface area (Å²) in [6, 6.07) is 19.0. The van der Waals surface area contributed by atoms with Gasteiger partial charge in [0.05, 0.1) is 12.1 Å². The number of hydrogen-bond acceptors (Lipinski definition) is 3. The summed E-state index contributed by atoms with van der Waals surface area (Å²) in [5.74, 6) is 0.400. The molecule has 2 N–H and O–H groups in total. The molecule has 2 aromatic carbocycles. The topological polar surface area (TPSA) is 69.8 Å². The van der Waals surface area contributed by atoms with Gasteiger partial charge in [-0.1, -0.05) is 30.3 Å². The van der Waals surface area contributed by atoms with Crippen molar-refractivity contribution in [2.75, 3.05) is 0 Å². The normalized spacial score (nSPS) is 23.4. The molecule has 2 heterocycles. The fourth-order valence-electron chi connectivity index (χ4n) is 5.07. The first-order chi connectivity index (χ1) is 14.6. The summed E-state index contributed by atoms with van der Waals surface area (Å²) < 4.78 is 2.12. The van der Waals surface area contributed by atoms with Crippen molar-refractivity contribution in [3.05, 3.63) is 60.3 Å². The van der Waals surface area contributed by atoms with Crippen LogP contribution >= 0.6 is 0 Å². The summed E-state index contributed by atoms with van der Waals surface area (Å²) in [5.41, 5.74) is 4.58. The molecule has 152 valence electrons. The Morgan fingerprint density at radius 1 is 1.20 bits per heavy atom. The molecule has 4 atom stereocenters. The largest absolute Gasteiger partial charge is 0.351 e. The number of benzene rings is 2. The number of nitriles is 1. The Bertz CT molecular complexity index is 1120. The lowest BCUT2D eigenvalue weighted by Crippen LogP contribution is -2.50. The molecule has 1 amide bonds. The maximum absolute atomic E-state index is 12.6. The summed E-state index contributed by atoms with van der Waals surface area (Å²) in [7, 11) is 2.05. The monoisotopic (exact) mass is 398 g/mol. The van der Waals surface area contributed by atoms with Crippen molar-refractivity contribution in [1.29, 1.82) is 5.26 Å². The van der Waals surface area contributed by atoms with E-state index >= 15 is 0 Å². The maximum atomic E-state index is 12.6. The fraction of sp³-hybridized carbons (Fsp3) is 0.360. The number of nitrogens with one attached hydrogen (secondary N) is 2. The summed E-state index contributed by atoms with van der Waals surface area (Å²) in [6.07, 6.45) is 5.95. The van der Waals surface area contributed by atoms with Gasteiger partial charge < -0.3 is 15.2 Å². The second kappa shape index (κ2) is 7.62. The summed E-state index contributed by atoms with van der Waals surface area (Å²) >= 11 is 0. The van der Waals surface area contributed by atoms with E-state index in [4.69, 9.17) is 0 Å². The van der Waals surface area contributed by atoms with Gasteiger partial charge in [0.25, 0.3) is 0 Å². The third-order valence-electron chi connectivity index (χ3n) is 6.73. The van der Waals surface area contributed by atoms with Gasteiger partial charge in [0.1, 0.15) is 6.04 Å². The van der Waals surface area contributed by atoms with Gasteiger partial charge in [0, 0.05) is 36.6 Å². The Hall–Kier alpha value is -3.10. The molecule has 3 aromatic rings. The Kier molecular flexibility index (Phi) is 4.80. The van der Waals surface area contributed by atoms with E-state index in [-0.39, 0.29) is 11.9 Å². The minimum Gasteiger partial charge on any atom is -0.351 e. The molecule has 30 heavy (non-hydrogen) atoms. The minimum absolute atomic E-state index is 0.0264. The lowest BCUT2D eigenvalue weighted by atomic mass is 9.98. The van der Waals surface area contributed by atoms with Gasteiger partial charge in [-0.25, -0.2) is 0 Å². The second-order valence-electron chi connectivity index (χ2n) is 8.71. The Morgan fingerprint density at radius 3 is 2.70 bits per heavy atom. The minimum atomic E-state index is -0.509. The van der Waals surface area contributed by atoms with Crippen LogP contribution in [-0.4, -0.2) is 28.6 Å². The van der Waals surface area contributed by atoms with Crippen LogP contribution in [0.15, 0.2) is 54.7 Å². The number of carbonyl (C=O) groups is 1. The van der Waals surface area contributed by atoms with Gasteiger partial charge in [0.2, 0.25) is 5.91 Å². The molecule has 5 rings (SSSR count). The van der Waals surface area contributed by atoms with Gasteiger partial charge in [-0.05, 0) is 60.1 Å². The molecular weight excluding hydrogens is 372 g/mol. The highest BCUT2D eigenvalue weighted by Gasteiger charge is 2.43. The van der Waals surface area contributed by atoms with Crippen LogP contribution in [0, 0.1) is 17.2 Å². The van der Waals surface area contributed by atoms with Crippen LogP contribution in [0.4, 0.5) is 0 Å². The van der Waals surface area contributed by atoms with Gasteiger partial charge >= 0.3 is 0 Å². The molecule has 0 spiro atoms. The molecule has 1 aliphatic heterocycles. The van der Waals surface area contributed by atoms with Crippen LogP contribution < -0.4 is 10.6 Å². The zero-order chi connectivity index (χ0) is 20.7. The highest BCUT2D eigenvalue weighted by atomic mass is 16.2. The van der Waals surface area contributed by atoms with Crippen LogP contribution in [0.2, 0.25) is 0 Å². The van der Waals surface area contributed by atoms with E-state index in [1.54, 1.807) is 0 Å². The van der Waals surface area contributed by atoms with Crippen molar-refractivity contribution in [2.24, 2.45) is 13.0 Å². The van der Waals surface area contributed by atoms with Crippen molar-refractivity contribution in [3.8, 4) is 17.2 Å². The van der Waals surface area contributed by atoms with E-state index in [0.29, 0.717) is 18.4 Å². The van der Waals surface area contributed by atoms with Crippen molar-refractivity contribution in [3.63, 3.8) is 0 Å². The van der Waals surface area contributed by atoms with E-state index < -0.39 is 6.04 Å². The fourth-order valence-corrected chi connectivity index (χ4v) is 5.07. The van der Waals surface area contributed by atoms with E-state index in [1.807, 2.05) is 0 Å². The number of nitrogens with zero attached hydrogens (tertiary/aromatic N) is 2. The lowest BCUT2D eigenvalue weighted by molar-refractivity contribution is -0.124. The molecule has 0 radical (unpaired) electrons. The number of hydrogen-bond donors (Lipinski definition) is 2. The highest BCUT2D eigenvalue weighted by Crippen LogP contribution is 2.35. The number of aromatic nitrogens is 1. The molecule has 2 fully saturated rings. The first kappa shape index (κ1) is 18.9. The highest BCUT2D eigenvalue weighted by molar-refractivity contribution is 5.85. The number of piperidine rings is 1. The molecule has 2 aliphatic rings. The smallest absolute Gasteiger partial charge is 0.238 e. The number of aryl methyl sites for hydroxylation is 1. The summed E-state index contributed by atoms with van der Waals surface area (Å²) in [6.45, 7) is 0. The van der Waals surface area contributed by atoms with E-state index in [1.165, 1.54) is 22.9 Å². The molecule has 5 nitrogen and oxygen atoms in total. The van der Waals surface area contributed by atoms with Crippen molar-refractivity contribution < 1.29 is 4.79 Å². The lowest BCUT2D eigenvalue weighted by Gasteiger charge is -2.23. The van der Waals surface area contributed by atoms with Crippen molar-refractivity contribution in [2.45, 2.75) is 43.8 Å². The predicted octanol–water partition coefficient (Wildman–Crippen LogP) is 3.54. The third-order valence-corrected chi connectivity index (χ3v) is 6.73. The van der Waals surface area contributed by atoms with E-state index in [9.17, 15) is 10.1 Å². The van der Waals surface area contributed by atoms with Crippen molar-refractivity contribution in [1.82, 2.24) is 15.2 Å². The molecule has 1 unspecified atom stereocenters. The summed E-state index contributed by atoms with van der Waals surface area (Å²) in [4.78, 5) is 12.6. The number of fused-ring (bicyclic) bond motifs is 3.